The molecule has 5 aromatic carbocycles. The van der Waals surface area contributed by atoms with E-state index in [1.165, 1.54) is 61.4 Å². The van der Waals surface area contributed by atoms with Gasteiger partial charge in [-0.15, -0.1) is 0 Å². The number of hydrogen-bond donors (Lipinski definition) is 0. The second-order valence-corrected chi connectivity index (χ2v) is 13.6. The van der Waals surface area contributed by atoms with Crippen LogP contribution in [0.1, 0.15) is 118 Å². The smallest absolute Gasteiger partial charge is 0.343 e. The Labute approximate surface area is 340 Å². The van der Waals surface area contributed by atoms with Crippen LogP contribution < -0.4 is 18.9 Å². The first-order chi connectivity index (χ1) is 28.3. The summed E-state index contributed by atoms with van der Waals surface area (Å²) in [6.45, 7) is 5.31. The van der Waals surface area contributed by atoms with Gasteiger partial charge < -0.3 is 28.4 Å². The molecular formula is C48H50O10. The highest BCUT2D eigenvalue weighted by Gasteiger charge is 2.21. The molecule has 10 nitrogen and oxygen atoms in total. The van der Waals surface area contributed by atoms with Crippen LogP contribution in [-0.2, 0) is 9.47 Å². The maximum Gasteiger partial charge on any atom is 0.343 e. The molecule has 0 spiro atoms. The lowest BCUT2D eigenvalue weighted by atomic mass is 10.1. The summed E-state index contributed by atoms with van der Waals surface area (Å²) in [5.41, 5.74) is 1.76. The van der Waals surface area contributed by atoms with E-state index >= 15 is 0 Å². The zero-order valence-corrected chi connectivity index (χ0v) is 33.1. The van der Waals surface area contributed by atoms with Gasteiger partial charge >= 0.3 is 23.9 Å². The van der Waals surface area contributed by atoms with Crippen molar-refractivity contribution in [2.75, 3.05) is 19.8 Å². The molecule has 0 aliphatic heterocycles. The quantitative estimate of drug-likeness (QED) is 0.0380. The SMILES string of the molecule is CCCCCCOc1ccc(C(=O)Oc2ccc(C(=O)OCC(OC(=O)c3ccc(OC(=O)c4ccc(OCCCCCC)cc4)cc3)c3ccccc3)cc2)cc1. The Balaban J connectivity index is 1.10. The zero-order valence-electron chi connectivity index (χ0n) is 33.1. The summed E-state index contributed by atoms with van der Waals surface area (Å²) < 4.78 is 33.9. The van der Waals surface area contributed by atoms with Crippen LogP contribution in [0.5, 0.6) is 23.0 Å². The molecule has 1 atom stereocenters. The van der Waals surface area contributed by atoms with E-state index in [0.29, 0.717) is 41.4 Å². The van der Waals surface area contributed by atoms with E-state index in [0.717, 1.165) is 38.5 Å². The van der Waals surface area contributed by atoms with Gasteiger partial charge in [-0.2, -0.15) is 0 Å². The molecule has 10 heteroatoms. The minimum Gasteiger partial charge on any atom is -0.494 e. The van der Waals surface area contributed by atoms with E-state index in [-0.39, 0.29) is 29.2 Å². The van der Waals surface area contributed by atoms with Crippen LogP contribution in [0.15, 0.2) is 127 Å². The van der Waals surface area contributed by atoms with Gasteiger partial charge in [-0.3, -0.25) is 0 Å². The van der Waals surface area contributed by atoms with Crippen LogP contribution in [0, 0.1) is 0 Å². The molecule has 0 fully saturated rings. The van der Waals surface area contributed by atoms with E-state index in [4.69, 9.17) is 28.4 Å². The number of ether oxygens (including phenoxy) is 6. The average Bonchev–Trinajstić information content (AvgIpc) is 3.26. The fourth-order valence-electron chi connectivity index (χ4n) is 5.76. The Morgan fingerprint density at radius 3 is 1.26 bits per heavy atom. The summed E-state index contributed by atoms with van der Waals surface area (Å²) in [6.07, 6.45) is 7.95. The number of benzene rings is 5. The molecule has 0 amide bonds. The number of rotatable bonds is 22. The third-order valence-electron chi connectivity index (χ3n) is 9.10. The molecule has 0 N–H and O–H groups in total. The summed E-state index contributed by atoms with van der Waals surface area (Å²) in [6, 6.07) is 34.4. The van der Waals surface area contributed by atoms with E-state index in [2.05, 4.69) is 13.8 Å². The first-order valence-electron chi connectivity index (χ1n) is 19.9. The van der Waals surface area contributed by atoms with E-state index in [1.807, 2.05) is 6.07 Å². The van der Waals surface area contributed by atoms with Crippen LogP contribution in [0.2, 0.25) is 0 Å². The van der Waals surface area contributed by atoms with Gasteiger partial charge in [0.1, 0.15) is 29.6 Å². The molecule has 1 unspecified atom stereocenters. The molecule has 0 aliphatic carbocycles. The molecule has 0 bridgehead atoms. The van der Waals surface area contributed by atoms with Crippen LogP contribution in [0.3, 0.4) is 0 Å². The van der Waals surface area contributed by atoms with Gasteiger partial charge in [-0.25, -0.2) is 19.2 Å². The molecule has 302 valence electrons. The summed E-state index contributed by atoms with van der Waals surface area (Å²) in [5, 5.41) is 0. The fraction of sp³-hybridized carbons (Fsp3) is 0.292. The minimum absolute atomic E-state index is 0.208. The van der Waals surface area contributed by atoms with E-state index < -0.39 is 30.0 Å². The van der Waals surface area contributed by atoms with Crippen molar-refractivity contribution in [2.45, 2.75) is 71.3 Å². The van der Waals surface area contributed by atoms with Gasteiger partial charge in [0.05, 0.1) is 35.5 Å². The number of esters is 4. The van der Waals surface area contributed by atoms with Crippen molar-refractivity contribution < 1.29 is 47.6 Å². The molecular weight excluding hydrogens is 737 g/mol. The van der Waals surface area contributed by atoms with Crippen molar-refractivity contribution in [3.8, 4) is 23.0 Å². The van der Waals surface area contributed by atoms with Gasteiger partial charge in [-0.1, -0.05) is 82.7 Å². The summed E-state index contributed by atoms with van der Waals surface area (Å²) in [7, 11) is 0. The second-order valence-electron chi connectivity index (χ2n) is 13.6. The van der Waals surface area contributed by atoms with Crippen LogP contribution in [0.25, 0.3) is 0 Å². The number of carbonyl (C=O) groups excluding carboxylic acids is 4. The highest BCUT2D eigenvalue weighted by molar-refractivity contribution is 5.93. The first-order valence-corrected chi connectivity index (χ1v) is 19.9. The van der Waals surface area contributed by atoms with Crippen LogP contribution in [-0.4, -0.2) is 43.7 Å². The zero-order chi connectivity index (χ0) is 41.0. The standard InChI is InChI=1S/C48H50O10/c1-3-5-7-12-32-53-40-24-16-37(17-25-40)46(50)56-42-28-20-36(21-29-42)45(49)55-34-44(35-14-10-9-11-15-35)58-48(52)39-22-30-43(31-23-39)57-47(51)38-18-26-41(27-19-38)54-33-13-8-6-4-2/h9-11,14-31,44H,3-8,12-13,32-34H2,1-2H3. The topological polar surface area (TPSA) is 124 Å². The molecule has 0 radical (unpaired) electrons. The highest BCUT2D eigenvalue weighted by Crippen LogP contribution is 2.24. The first kappa shape index (κ1) is 42.7. The van der Waals surface area contributed by atoms with Gasteiger partial charge in [0.2, 0.25) is 0 Å². The van der Waals surface area contributed by atoms with E-state index in [1.54, 1.807) is 72.8 Å². The van der Waals surface area contributed by atoms with Crippen molar-refractivity contribution >= 4 is 23.9 Å². The maximum atomic E-state index is 13.2. The Morgan fingerprint density at radius 2 is 0.828 bits per heavy atom. The molecule has 0 aliphatic rings. The third kappa shape index (κ3) is 13.7. The molecule has 0 saturated carbocycles. The van der Waals surface area contributed by atoms with Crippen molar-refractivity contribution in [3.63, 3.8) is 0 Å². The highest BCUT2D eigenvalue weighted by atomic mass is 16.6. The molecule has 0 aromatic heterocycles. The third-order valence-corrected chi connectivity index (χ3v) is 9.10. The van der Waals surface area contributed by atoms with Crippen molar-refractivity contribution in [2.24, 2.45) is 0 Å². The van der Waals surface area contributed by atoms with Crippen LogP contribution >= 0.6 is 0 Å². The maximum absolute atomic E-state index is 13.2. The number of carbonyl (C=O) groups is 4. The lowest BCUT2D eigenvalue weighted by Gasteiger charge is -2.18. The molecule has 5 aromatic rings. The molecule has 0 heterocycles. The predicted octanol–water partition coefficient (Wildman–Crippen LogP) is 10.8. The fourth-order valence-corrected chi connectivity index (χ4v) is 5.76. The molecule has 5 rings (SSSR count). The van der Waals surface area contributed by atoms with Crippen molar-refractivity contribution in [3.05, 3.63) is 155 Å². The monoisotopic (exact) mass is 786 g/mol. The largest absolute Gasteiger partial charge is 0.494 e. The number of unbranched alkanes of at least 4 members (excludes halogenated alkanes) is 6. The minimum atomic E-state index is -0.920. The second kappa shape index (κ2) is 23.0. The van der Waals surface area contributed by atoms with Crippen molar-refractivity contribution in [1.29, 1.82) is 0 Å². The van der Waals surface area contributed by atoms with Gasteiger partial charge in [0.15, 0.2) is 6.10 Å². The number of hydrogen-bond acceptors (Lipinski definition) is 10. The van der Waals surface area contributed by atoms with Crippen molar-refractivity contribution in [1.82, 2.24) is 0 Å². The Hall–Kier alpha value is -6.42. The summed E-state index contributed by atoms with van der Waals surface area (Å²) in [4.78, 5) is 51.8. The lowest BCUT2D eigenvalue weighted by Crippen LogP contribution is -2.19. The average molecular weight is 787 g/mol. The van der Waals surface area contributed by atoms with Gasteiger partial charge in [0, 0.05) is 0 Å². The van der Waals surface area contributed by atoms with E-state index in [9.17, 15) is 19.2 Å². The summed E-state index contributed by atoms with van der Waals surface area (Å²) in [5.74, 6) is -0.543. The van der Waals surface area contributed by atoms with Gasteiger partial charge in [-0.05, 0) is 115 Å². The Kier molecular flexibility index (Phi) is 16.9. The summed E-state index contributed by atoms with van der Waals surface area (Å²) >= 11 is 0. The van der Waals surface area contributed by atoms with Crippen LogP contribution in [0.4, 0.5) is 0 Å². The predicted molar refractivity (Wildman–Crippen MR) is 220 cm³/mol. The molecule has 0 saturated heterocycles. The Morgan fingerprint density at radius 1 is 0.431 bits per heavy atom. The normalized spacial score (nSPS) is 11.2. The lowest BCUT2D eigenvalue weighted by molar-refractivity contribution is -0.00134. The Bertz CT molecular complexity index is 2020. The molecule has 58 heavy (non-hydrogen) atoms. The van der Waals surface area contributed by atoms with Gasteiger partial charge in [0.25, 0.3) is 0 Å².